The molecule has 6 nitrogen and oxygen atoms in total. The predicted molar refractivity (Wildman–Crippen MR) is 112 cm³/mol. The van der Waals surface area contributed by atoms with E-state index >= 15 is 0 Å². The van der Waals surface area contributed by atoms with Gasteiger partial charge in [-0.2, -0.15) is 0 Å². The van der Waals surface area contributed by atoms with Gasteiger partial charge in [-0.15, -0.1) is 0 Å². The molecule has 0 radical (unpaired) electrons. The van der Waals surface area contributed by atoms with E-state index in [-0.39, 0.29) is 17.9 Å². The number of anilines is 1. The molecule has 3 aliphatic rings. The molecule has 0 spiro atoms. The second-order valence-electron chi connectivity index (χ2n) is 7.95. The smallest absolute Gasteiger partial charge is 0.251 e. The van der Waals surface area contributed by atoms with Gasteiger partial charge in [0.15, 0.2) is 0 Å². The van der Waals surface area contributed by atoms with E-state index < -0.39 is 0 Å². The number of carbonyl (C=O) groups is 2. The van der Waals surface area contributed by atoms with E-state index in [0.29, 0.717) is 29.0 Å². The van der Waals surface area contributed by atoms with Gasteiger partial charge in [0.2, 0.25) is 5.91 Å². The van der Waals surface area contributed by atoms with Crippen molar-refractivity contribution < 1.29 is 14.3 Å². The zero-order valence-corrected chi connectivity index (χ0v) is 16.9. The number of ether oxygens (including phenoxy) is 1. The predicted octanol–water partition coefficient (Wildman–Crippen LogP) is 3.65. The molecule has 2 N–H and O–H groups in total. The average molecular weight is 393 g/mol. The molecule has 2 amide bonds. The van der Waals surface area contributed by atoms with Crippen LogP contribution in [-0.2, 0) is 4.79 Å². The molecule has 2 atom stereocenters. The molecule has 1 unspecified atom stereocenters. The van der Waals surface area contributed by atoms with Crippen LogP contribution in [-0.4, -0.2) is 41.9 Å². The first-order valence-electron chi connectivity index (χ1n) is 10.2. The summed E-state index contributed by atoms with van der Waals surface area (Å²) in [4.78, 5) is 26.3. The Morgan fingerprint density at radius 1 is 0.966 bits per heavy atom. The largest absolute Gasteiger partial charge is 0.457 e. The summed E-state index contributed by atoms with van der Waals surface area (Å²) in [6, 6.07) is 15.0. The number of amides is 2. The van der Waals surface area contributed by atoms with Gasteiger partial charge in [-0.25, -0.2) is 0 Å². The molecule has 0 aromatic heterocycles. The van der Waals surface area contributed by atoms with Gasteiger partial charge in [0, 0.05) is 30.3 Å². The average Bonchev–Trinajstić information content (AvgIpc) is 2.72. The lowest BCUT2D eigenvalue weighted by molar-refractivity contribution is -0.114. The van der Waals surface area contributed by atoms with E-state index in [1.807, 2.05) is 0 Å². The molecule has 152 valence electrons. The van der Waals surface area contributed by atoms with E-state index in [0.717, 1.165) is 18.8 Å². The van der Waals surface area contributed by atoms with Crippen LogP contribution in [0.1, 0.15) is 37.0 Å². The summed E-state index contributed by atoms with van der Waals surface area (Å²) in [7, 11) is 0. The molecule has 6 heteroatoms. The number of hydrogen-bond acceptors (Lipinski definition) is 4. The van der Waals surface area contributed by atoms with Crippen LogP contribution >= 0.6 is 0 Å². The first-order valence-corrected chi connectivity index (χ1v) is 10.2. The van der Waals surface area contributed by atoms with Crippen molar-refractivity contribution in [2.75, 3.05) is 18.4 Å². The Kier molecular flexibility index (Phi) is 5.53. The van der Waals surface area contributed by atoms with Gasteiger partial charge in [-0.1, -0.05) is 0 Å². The highest BCUT2D eigenvalue weighted by Crippen LogP contribution is 2.32. The van der Waals surface area contributed by atoms with Crippen molar-refractivity contribution in [2.45, 2.75) is 38.8 Å². The number of rotatable bonds is 5. The minimum absolute atomic E-state index is 0.0261. The third-order valence-corrected chi connectivity index (χ3v) is 6.00. The van der Waals surface area contributed by atoms with Crippen LogP contribution in [0.5, 0.6) is 11.5 Å². The second-order valence-corrected chi connectivity index (χ2v) is 7.95. The molecular weight excluding hydrogens is 366 g/mol. The van der Waals surface area contributed by atoms with Crippen molar-refractivity contribution >= 4 is 17.5 Å². The van der Waals surface area contributed by atoms with Crippen LogP contribution in [0.15, 0.2) is 48.5 Å². The third-order valence-electron chi connectivity index (χ3n) is 6.00. The van der Waals surface area contributed by atoms with Gasteiger partial charge in [0.1, 0.15) is 11.5 Å². The third kappa shape index (κ3) is 4.43. The number of nitrogens with zero attached hydrogens (tertiary/aromatic N) is 1. The zero-order chi connectivity index (χ0) is 20.4. The van der Waals surface area contributed by atoms with Crippen molar-refractivity contribution in [3.8, 4) is 11.5 Å². The maximum atomic E-state index is 12.7. The maximum absolute atomic E-state index is 12.7. The van der Waals surface area contributed by atoms with E-state index in [1.165, 1.54) is 19.8 Å². The normalized spacial score (nSPS) is 25.3. The molecule has 3 aliphatic heterocycles. The summed E-state index contributed by atoms with van der Waals surface area (Å²) in [5.41, 5.74) is 1.36. The van der Waals surface area contributed by atoms with Crippen LogP contribution in [0.4, 0.5) is 5.69 Å². The second kappa shape index (κ2) is 8.25. The molecule has 3 saturated heterocycles. The van der Waals surface area contributed by atoms with Crippen molar-refractivity contribution in [1.29, 1.82) is 0 Å². The maximum Gasteiger partial charge on any atom is 0.251 e. The SMILES string of the molecule is CC(=O)Nc1ccc(Oc2ccc(C(=O)N[C@@H]3C4CCN(CC4)C3C)cc2)cc1. The Hall–Kier alpha value is -2.86. The summed E-state index contributed by atoms with van der Waals surface area (Å²) in [5.74, 6) is 1.77. The van der Waals surface area contributed by atoms with Crippen molar-refractivity contribution in [1.82, 2.24) is 10.2 Å². The molecular formula is C23H27N3O3. The molecule has 3 heterocycles. The monoisotopic (exact) mass is 393 g/mol. The first-order chi connectivity index (χ1) is 14.0. The summed E-state index contributed by atoms with van der Waals surface area (Å²) in [5, 5.41) is 5.97. The Balaban J connectivity index is 1.36. The Bertz CT molecular complexity index is 869. The topological polar surface area (TPSA) is 70.7 Å². The van der Waals surface area contributed by atoms with E-state index in [2.05, 4.69) is 22.5 Å². The Morgan fingerprint density at radius 3 is 2.10 bits per heavy atom. The molecule has 29 heavy (non-hydrogen) atoms. The highest BCUT2D eigenvalue weighted by molar-refractivity contribution is 5.94. The van der Waals surface area contributed by atoms with Crippen molar-refractivity contribution in [3.05, 3.63) is 54.1 Å². The number of carbonyl (C=O) groups excluding carboxylic acids is 2. The number of piperidine rings is 3. The standard InChI is InChI=1S/C23H27N3O3/c1-15-22(17-11-13-26(15)14-12-17)25-23(28)18-3-7-20(8-4-18)29-21-9-5-19(6-10-21)24-16(2)27/h3-10,15,17,22H,11-14H2,1-2H3,(H,24,27)(H,25,28)/t15?,22-/m0/s1. The first kappa shape index (κ1) is 19.5. The fraction of sp³-hybridized carbons (Fsp3) is 0.391. The van der Waals surface area contributed by atoms with Gasteiger partial charge in [0.25, 0.3) is 5.91 Å². The molecule has 2 aromatic rings. The van der Waals surface area contributed by atoms with Crippen molar-refractivity contribution in [2.24, 2.45) is 5.92 Å². The van der Waals surface area contributed by atoms with E-state index in [4.69, 9.17) is 4.74 Å². The van der Waals surface area contributed by atoms with Gasteiger partial charge in [-0.3, -0.25) is 14.5 Å². The summed E-state index contributed by atoms with van der Waals surface area (Å²) < 4.78 is 5.83. The quantitative estimate of drug-likeness (QED) is 0.814. The number of benzene rings is 2. The number of nitrogens with one attached hydrogen (secondary N) is 2. The molecule has 5 rings (SSSR count). The summed E-state index contributed by atoms with van der Waals surface area (Å²) in [6.45, 7) is 5.98. The van der Waals surface area contributed by atoms with Crippen LogP contribution in [0.2, 0.25) is 0 Å². The molecule has 2 bridgehead atoms. The fourth-order valence-electron chi connectivity index (χ4n) is 4.40. The van der Waals surface area contributed by atoms with E-state index in [9.17, 15) is 9.59 Å². The lowest BCUT2D eigenvalue weighted by Gasteiger charge is -2.49. The highest BCUT2D eigenvalue weighted by Gasteiger charge is 2.40. The van der Waals surface area contributed by atoms with Gasteiger partial charge < -0.3 is 15.4 Å². The summed E-state index contributed by atoms with van der Waals surface area (Å²) >= 11 is 0. The van der Waals surface area contributed by atoms with Crippen molar-refractivity contribution in [3.63, 3.8) is 0 Å². The van der Waals surface area contributed by atoms with Crippen LogP contribution < -0.4 is 15.4 Å². The molecule has 2 aromatic carbocycles. The van der Waals surface area contributed by atoms with E-state index in [1.54, 1.807) is 48.5 Å². The van der Waals surface area contributed by atoms with Crippen LogP contribution in [0, 0.1) is 5.92 Å². The zero-order valence-electron chi connectivity index (χ0n) is 16.9. The lowest BCUT2D eigenvalue weighted by atomic mass is 9.79. The van der Waals surface area contributed by atoms with Crippen LogP contribution in [0.25, 0.3) is 0 Å². The molecule has 3 fully saturated rings. The Labute approximate surface area is 171 Å². The molecule has 0 saturated carbocycles. The summed E-state index contributed by atoms with van der Waals surface area (Å²) in [6.07, 6.45) is 2.34. The Morgan fingerprint density at radius 2 is 1.55 bits per heavy atom. The minimum Gasteiger partial charge on any atom is -0.457 e. The molecule has 0 aliphatic carbocycles. The highest BCUT2D eigenvalue weighted by atomic mass is 16.5. The number of fused-ring (bicyclic) bond motifs is 3. The number of hydrogen-bond donors (Lipinski definition) is 2. The van der Waals surface area contributed by atoms with Gasteiger partial charge in [0.05, 0.1) is 0 Å². The van der Waals surface area contributed by atoms with Gasteiger partial charge >= 0.3 is 0 Å². The lowest BCUT2D eigenvalue weighted by Crippen LogP contribution is -2.62. The fourth-order valence-corrected chi connectivity index (χ4v) is 4.40. The van der Waals surface area contributed by atoms with Gasteiger partial charge in [-0.05, 0) is 87.3 Å². The minimum atomic E-state index is -0.111. The van der Waals surface area contributed by atoms with Crippen LogP contribution in [0.3, 0.4) is 0 Å².